The summed E-state index contributed by atoms with van der Waals surface area (Å²) >= 11 is 0. The second kappa shape index (κ2) is 8.52. The quantitative estimate of drug-likeness (QED) is 0.543. The van der Waals surface area contributed by atoms with Gasteiger partial charge in [-0.2, -0.15) is 0 Å². The van der Waals surface area contributed by atoms with E-state index in [1.165, 1.54) is 12.8 Å². The van der Waals surface area contributed by atoms with E-state index in [1.807, 2.05) is 11.8 Å². The molecule has 0 aromatic heterocycles. The summed E-state index contributed by atoms with van der Waals surface area (Å²) in [5.41, 5.74) is 0. The molecule has 23 heavy (non-hydrogen) atoms. The van der Waals surface area contributed by atoms with Crippen molar-refractivity contribution in [3.05, 3.63) is 0 Å². The van der Waals surface area contributed by atoms with Gasteiger partial charge in [0.25, 0.3) is 0 Å². The minimum Gasteiger partial charge on any atom is -0.357 e. The number of nitrogens with zero attached hydrogens (tertiary/aromatic N) is 3. The summed E-state index contributed by atoms with van der Waals surface area (Å²) in [6.45, 7) is 9.53. The molecule has 2 atom stereocenters. The zero-order valence-electron chi connectivity index (χ0n) is 15.1. The van der Waals surface area contributed by atoms with Crippen LogP contribution in [-0.4, -0.2) is 73.0 Å². The molecule has 0 aromatic rings. The van der Waals surface area contributed by atoms with Crippen LogP contribution in [0.3, 0.4) is 0 Å². The minimum atomic E-state index is 0.246. The monoisotopic (exact) mass is 323 g/mol. The lowest BCUT2D eigenvalue weighted by Crippen LogP contribution is -2.45. The first-order valence-electron chi connectivity index (χ1n) is 9.09. The van der Waals surface area contributed by atoms with Gasteiger partial charge in [-0.3, -0.25) is 14.7 Å². The maximum absolute atomic E-state index is 11.8. The highest BCUT2D eigenvalue weighted by atomic mass is 16.2. The Morgan fingerprint density at radius 3 is 2.70 bits per heavy atom. The number of likely N-dealkylation sites (tertiary alicyclic amines) is 1. The van der Waals surface area contributed by atoms with Crippen LogP contribution < -0.4 is 10.6 Å². The topological polar surface area (TPSA) is 60.0 Å². The van der Waals surface area contributed by atoms with Gasteiger partial charge in [-0.1, -0.05) is 6.92 Å². The van der Waals surface area contributed by atoms with Crippen molar-refractivity contribution in [2.24, 2.45) is 4.99 Å². The molecule has 2 N–H and O–H groups in total. The third-order valence-electron chi connectivity index (χ3n) is 4.86. The number of amides is 1. The minimum absolute atomic E-state index is 0.246. The Morgan fingerprint density at radius 2 is 2.09 bits per heavy atom. The molecule has 1 amide bonds. The van der Waals surface area contributed by atoms with Gasteiger partial charge in [-0.25, -0.2) is 0 Å². The first-order valence-corrected chi connectivity index (χ1v) is 9.09. The molecule has 2 unspecified atom stereocenters. The average Bonchev–Trinajstić information content (AvgIpc) is 3.30. The van der Waals surface area contributed by atoms with Gasteiger partial charge in [-0.05, 0) is 40.2 Å². The van der Waals surface area contributed by atoms with E-state index < -0.39 is 0 Å². The van der Waals surface area contributed by atoms with Gasteiger partial charge in [0.05, 0.1) is 6.54 Å². The van der Waals surface area contributed by atoms with E-state index in [0.29, 0.717) is 18.5 Å². The number of nitrogens with one attached hydrogen (secondary N) is 2. The molecule has 1 aliphatic carbocycles. The maximum Gasteiger partial charge on any atom is 0.222 e. The summed E-state index contributed by atoms with van der Waals surface area (Å²) in [4.78, 5) is 20.9. The van der Waals surface area contributed by atoms with Crippen LogP contribution in [-0.2, 0) is 4.79 Å². The Bertz CT molecular complexity index is 421. The van der Waals surface area contributed by atoms with Crippen molar-refractivity contribution in [2.45, 2.75) is 64.6 Å². The van der Waals surface area contributed by atoms with Crippen LogP contribution in [0.15, 0.2) is 4.99 Å². The van der Waals surface area contributed by atoms with E-state index in [1.54, 1.807) is 0 Å². The average molecular weight is 323 g/mol. The molecule has 2 aliphatic rings. The van der Waals surface area contributed by atoms with Crippen molar-refractivity contribution in [1.29, 1.82) is 0 Å². The molecule has 2 rings (SSSR count). The fourth-order valence-electron chi connectivity index (χ4n) is 3.04. The Hall–Kier alpha value is -1.30. The number of guanidine groups is 1. The number of likely N-dealkylation sites (N-methyl/N-ethyl adjacent to an activating group) is 1. The smallest absolute Gasteiger partial charge is 0.222 e. The van der Waals surface area contributed by atoms with Gasteiger partial charge in [0.15, 0.2) is 5.96 Å². The Kier molecular flexibility index (Phi) is 6.69. The molecule has 1 saturated carbocycles. The second-order valence-electron chi connectivity index (χ2n) is 6.79. The summed E-state index contributed by atoms with van der Waals surface area (Å²) in [6.07, 6.45) is 4.23. The lowest BCUT2D eigenvalue weighted by Gasteiger charge is -2.24. The van der Waals surface area contributed by atoms with E-state index in [2.05, 4.69) is 36.4 Å². The molecular weight excluding hydrogens is 290 g/mol. The lowest BCUT2D eigenvalue weighted by molar-refractivity contribution is -0.129. The molecule has 6 heteroatoms. The SMILES string of the molecule is CCNC(=NCC(C)N(C)C1CC1)NC1CCN(C(=O)CC)C1. The number of aliphatic imine (C=N–C) groups is 1. The maximum atomic E-state index is 11.8. The third-order valence-corrected chi connectivity index (χ3v) is 4.86. The Morgan fingerprint density at radius 1 is 1.35 bits per heavy atom. The molecule has 1 saturated heterocycles. The summed E-state index contributed by atoms with van der Waals surface area (Å²) in [7, 11) is 2.20. The Labute approximate surface area is 140 Å². The summed E-state index contributed by atoms with van der Waals surface area (Å²) < 4.78 is 0. The highest BCUT2D eigenvalue weighted by molar-refractivity contribution is 5.80. The number of carbonyl (C=O) groups is 1. The van der Waals surface area contributed by atoms with Gasteiger partial charge in [0.2, 0.25) is 5.91 Å². The highest BCUT2D eigenvalue weighted by Crippen LogP contribution is 2.26. The molecule has 2 fully saturated rings. The van der Waals surface area contributed by atoms with Crippen molar-refractivity contribution in [2.75, 3.05) is 33.2 Å². The van der Waals surface area contributed by atoms with E-state index >= 15 is 0 Å². The van der Waals surface area contributed by atoms with Crippen LogP contribution in [0.2, 0.25) is 0 Å². The summed E-state index contributed by atoms with van der Waals surface area (Å²) in [5, 5.41) is 6.82. The summed E-state index contributed by atoms with van der Waals surface area (Å²) in [5.74, 6) is 1.12. The van der Waals surface area contributed by atoms with Crippen molar-refractivity contribution >= 4 is 11.9 Å². The molecule has 6 nitrogen and oxygen atoms in total. The van der Waals surface area contributed by atoms with Crippen LogP contribution in [0.5, 0.6) is 0 Å². The molecule has 0 radical (unpaired) electrons. The first kappa shape index (κ1) is 18.0. The van der Waals surface area contributed by atoms with Crippen molar-refractivity contribution in [3.63, 3.8) is 0 Å². The number of hydrogen-bond donors (Lipinski definition) is 2. The van der Waals surface area contributed by atoms with Crippen molar-refractivity contribution in [1.82, 2.24) is 20.4 Å². The predicted molar refractivity (Wildman–Crippen MR) is 94.6 cm³/mol. The van der Waals surface area contributed by atoms with Gasteiger partial charge >= 0.3 is 0 Å². The van der Waals surface area contributed by atoms with E-state index in [-0.39, 0.29) is 5.91 Å². The third kappa shape index (κ3) is 5.37. The molecule has 0 aromatic carbocycles. The van der Waals surface area contributed by atoms with Gasteiger partial charge in [0, 0.05) is 44.2 Å². The predicted octanol–water partition coefficient (Wildman–Crippen LogP) is 1.04. The van der Waals surface area contributed by atoms with E-state index in [0.717, 1.165) is 44.6 Å². The number of hydrogen-bond acceptors (Lipinski definition) is 3. The lowest BCUT2D eigenvalue weighted by atomic mass is 10.2. The van der Waals surface area contributed by atoms with Gasteiger partial charge in [-0.15, -0.1) is 0 Å². The zero-order valence-corrected chi connectivity index (χ0v) is 15.1. The van der Waals surface area contributed by atoms with Crippen LogP contribution in [0.25, 0.3) is 0 Å². The molecule has 132 valence electrons. The van der Waals surface area contributed by atoms with E-state index in [4.69, 9.17) is 4.99 Å². The standard InChI is InChI=1S/C17H33N5O/c1-5-16(23)22-10-9-14(12-22)20-17(18-6-2)19-11-13(3)21(4)15-7-8-15/h13-15H,5-12H2,1-4H3,(H2,18,19,20). The fourth-order valence-corrected chi connectivity index (χ4v) is 3.04. The highest BCUT2D eigenvalue weighted by Gasteiger charge is 2.29. The Balaban J connectivity index is 1.83. The summed E-state index contributed by atoms with van der Waals surface area (Å²) in [6, 6.07) is 1.53. The molecule has 1 heterocycles. The van der Waals surface area contributed by atoms with Crippen LogP contribution in [0.1, 0.15) is 46.5 Å². The van der Waals surface area contributed by atoms with Crippen LogP contribution in [0.4, 0.5) is 0 Å². The second-order valence-corrected chi connectivity index (χ2v) is 6.79. The van der Waals surface area contributed by atoms with Crippen LogP contribution in [0, 0.1) is 0 Å². The largest absolute Gasteiger partial charge is 0.357 e. The van der Waals surface area contributed by atoms with Gasteiger partial charge in [0.1, 0.15) is 0 Å². The van der Waals surface area contributed by atoms with Gasteiger partial charge < -0.3 is 15.5 Å². The first-order chi connectivity index (χ1) is 11.0. The zero-order chi connectivity index (χ0) is 16.8. The van der Waals surface area contributed by atoms with E-state index in [9.17, 15) is 4.79 Å². The number of carbonyl (C=O) groups excluding carboxylic acids is 1. The fraction of sp³-hybridized carbons (Fsp3) is 0.882. The molecular formula is C17H33N5O. The molecule has 1 aliphatic heterocycles. The molecule has 0 bridgehead atoms. The van der Waals surface area contributed by atoms with Crippen molar-refractivity contribution < 1.29 is 4.79 Å². The van der Waals surface area contributed by atoms with Crippen LogP contribution >= 0.6 is 0 Å². The van der Waals surface area contributed by atoms with Crippen molar-refractivity contribution in [3.8, 4) is 0 Å². The normalized spacial score (nSPS) is 23.3. The molecule has 0 spiro atoms. The number of rotatable bonds is 7.